The largest absolute Gasteiger partial charge is 0.462 e. The number of unbranched alkanes of at least 4 members (excludes halogenated alkanes) is 3. The van der Waals surface area contributed by atoms with Crippen molar-refractivity contribution < 1.29 is 9.53 Å². The van der Waals surface area contributed by atoms with E-state index < -0.39 is 0 Å². The molecule has 0 unspecified atom stereocenters. The molecule has 1 heterocycles. The lowest BCUT2D eigenvalue weighted by molar-refractivity contribution is 0.0497. The van der Waals surface area contributed by atoms with Gasteiger partial charge >= 0.3 is 5.97 Å². The first-order valence-corrected chi connectivity index (χ1v) is 5.56. The summed E-state index contributed by atoms with van der Waals surface area (Å²) in [6, 6.07) is 0. The zero-order chi connectivity index (χ0) is 11.1. The van der Waals surface area contributed by atoms with Crippen LogP contribution in [0.1, 0.15) is 48.5 Å². The minimum absolute atomic E-state index is 0.217. The first-order valence-electron chi connectivity index (χ1n) is 5.56. The summed E-state index contributed by atoms with van der Waals surface area (Å²) < 4.78 is 5.15. The number of aromatic amines is 1. The Morgan fingerprint density at radius 2 is 2.13 bits per heavy atom. The fourth-order valence-corrected chi connectivity index (χ4v) is 1.43. The van der Waals surface area contributed by atoms with E-state index in [1.807, 2.05) is 6.92 Å². The SMILES string of the molecule is CCCCCCOC(=O)c1c[nH]cc1C. The maximum absolute atomic E-state index is 11.5. The molecule has 0 spiro atoms. The number of hydrogen-bond donors (Lipinski definition) is 1. The number of ether oxygens (including phenoxy) is 1. The molecule has 0 atom stereocenters. The van der Waals surface area contributed by atoms with Crippen LogP contribution >= 0.6 is 0 Å². The number of H-pyrrole nitrogens is 1. The van der Waals surface area contributed by atoms with E-state index >= 15 is 0 Å². The van der Waals surface area contributed by atoms with Gasteiger partial charge in [-0.15, -0.1) is 0 Å². The molecule has 84 valence electrons. The standard InChI is InChI=1S/C12H19NO2/c1-3-4-5-6-7-15-12(14)11-9-13-8-10(11)2/h8-9,13H,3-7H2,1-2H3. The Morgan fingerprint density at radius 3 is 2.73 bits per heavy atom. The number of aromatic nitrogens is 1. The van der Waals surface area contributed by atoms with Gasteiger partial charge in [0.05, 0.1) is 12.2 Å². The lowest BCUT2D eigenvalue weighted by atomic mass is 10.2. The lowest BCUT2D eigenvalue weighted by Crippen LogP contribution is -2.06. The van der Waals surface area contributed by atoms with Crippen molar-refractivity contribution in [1.29, 1.82) is 0 Å². The van der Waals surface area contributed by atoms with E-state index in [2.05, 4.69) is 11.9 Å². The van der Waals surface area contributed by atoms with Crippen LogP contribution in [0.5, 0.6) is 0 Å². The average molecular weight is 209 g/mol. The predicted octanol–water partition coefficient (Wildman–Crippen LogP) is 3.06. The number of esters is 1. The van der Waals surface area contributed by atoms with Gasteiger partial charge in [-0.25, -0.2) is 4.79 Å². The van der Waals surface area contributed by atoms with E-state index in [1.54, 1.807) is 12.4 Å². The third kappa shape index (κ3) is 3.78. The van der Waals surface area contributed by atoms with Gasteiger partial charge in [-0.2, -0.15) is 0 Å². The van der Waals surface area contributed by atoms with Crippen LogP contribution in [0.3, 0.4) is 0 Å². The monoisotopic (exact) mass is 209 g/mol. The van der Waals surface area contributed by atoms with Crippen LogP contribution in [0.15, 0.2) is 12.4 Å². The van der Waals surface area contributed by atoms with Crippen molar-refractivity contribution in [2.24, 2.45) is 0 Å². The van der Waals surface area contributed by atoms with Crippen LogP contribution in [-0.4, -0.2) is 17.6 Å². The Balaban J connectivity index is 2.22. The molecule has 0 fully saturated rings. The van der Waals surface area contributed by atoms with Crippen LogP contribution in [0.4, 0.5) is 0 Å². The minimum Gasteiger partial charge on any atom is -0.462 e. The number of aryl methyl sites for hydroxylation is 1. The Labute approximate surface area is 90.8 Å². The van der Waals surface area contributed by atoms with Crippen LogP contribution in [-0.2, 0) is 4.74 Å². The van der Waals surface area contributed by atoms with Crippen LogP contribution in [0.25, 0.3) is 0 Å². The number of hydrogen-bond acceptors (Lipinski definition) is 2. The first-order chi connectivity index (χ1) is 7.25. The molecular weight excluding hydrogens is 190 g/mol. The quantitative estimate of drug-likeness (QED) is 0.578. The van der Waals surface area contributed by atoms with Gasteiger partial charge < -0.3 is 9.72 Å². The van der Waals surface area contributed by atoms with E-state index in [4.69, 9.17) is 4.74 Å². The van der Waals surface area contributed by atoms with Gasteiger partial charge in [0.25, 0.3) is 0 Å². The normalized spacial score (nSPS) is 10.3. The van der Waals surface area contributed by atoms with Crippen molar-refractivity contribution in [2.45, 2.75) is 39.5 Å². The highest BCUT2D eigenvalue weighted by atomic mass is 16.5. The van der Waals surface area contributed by atoms with Gasteiger partial charge in [0.15, 0.2) is 0 Å². The molecule has 0 bridgehead atoms. The Kier molecular flexibility index (Phi) is 4.95. The number of nitrogens with one attached hydrogen (secondary N) is 1. The molecule has 3 nitrogen and oxygen atoms in total. The average Bonchev–Trinajstić information content (AvgIpc) is 2.64. The van der Waals surface area contributed by atoms with Crippen LogP contribution in [0.2, 0.25) is 0 Å². The fraction of sp³-hybridized carbons (Fsp3) is 0.583. The summed E-state index contributed by atoms with van der Waals surface area (Å²) in [5.74, 6) is -0.217. The summed E-state index contributed by atoms with van der Waals surface area (Å²) in [7, 11) is 0. The fourth-order valence-electron chi connectivity index (χ4n) is 1.43. The Morgan fingerprint density at radius 1 is 1.33 bits per heavy atom. The van der Waals surface area contributed by atoms with Crippen molar-refractivity contribution in [2.75, 3.05) is 6.61 Å². The van der Waals surface area contributed by atoms with Crippen molar-refractivity contribution in [3.8, 4) is 0 Å². The van der Waals surface area contributed by atoms with Gasteiger partial charge in [-0.1, -0.05) is 26.2 Å². The third-order valence-electron chi connectivity index (χ3n) is 2.40. The minimum atomic E-state index is -0.217. The predicted molar refractivity (Wildman–Crippen MR) is 60.0 cm³/mol. The highest BCUT2D eigenvalue weighted by Crippen LogP contribution is 2.08. The van der Waals surface area contributed by atoms with Gasteiger partial charge in [-0.3, -0.25) is 0 Å². The van der Waals surface area contributed by atoms with Gasteiger partial charge in [-0.05, 0) is 18.9 Å². The van der Waals surface area contributed by atoms with Crippen molar-refractivity contribution >= 4 is 5.97 Å². The van der Waals surface area contributed by atoms with Gasteiger partial charge in [0.2, 0.25) is 0 Å². The van der Waals surface area contributed by atoms with E-state index in [0.717, 1.165) is 18.4 Å². The Bertz CT molecular complexity index is 304. The summed E-state index contributed by atoms with van der Waals surface area (Å²) in [5, 5.41) is 0. The summed E-state index contributed by atoms with van der Waals surface area (Å²) in [6.45, 7) is 4.59. The third-order valence-corrected chi connectivity index (χ3v) is 2.40. The van der Waals surface area contributed by atoms with Crippen LogP contribution < -0.4 is 0 Å². The van der Waals surface area contributed by atoms with Gasteiger partial charge in [0.1, 0.15) is 0 Å². The summed E-state index contributed by atoms with van der Waals surface area (Å²) >= 11 is 0. The number of rotatable bonds is 6. The first kappa shape index (κ1) is 11.8. The summed E-state index contributed by atoms with van der Waals surface area (Å²) in [5.41, 5.74) is 1.58. The number of carbonyl (C=O) groups excluding carboxylic acids is 1. The second-order valence-corrected chi connectivity index (χ2v) is 3.75. The lowest BCUT2D eigenvalue weighted by Gasteiger charge is -2.03. The molecule has 1 aromatic heterocycles. The molecule has 0 aromatic carbocycles. The molecule has 1 rings (SSSR count). The van der Waals surface area contributed by atoms with Crippen molar-refractivity contribution in [3.63, 3.8) is 0 Å². The highest BCUT2D eigenvalue weighted by Gasteiger charge is 2.10. The zero-order valence-electron chi connectivity index (χ0n) is 9.51. The second-order valence-electron chi connectivity index (χ2n) is 3.75. The zero-order valence-corrected chi connectivity index (χ0v) is 9.51. The van der Waals surface area contributed by atoms with Gasteiger partial charge in [0, 0.05) is 12.4 Å². The molecule has 0 aliphatic rings. The maximum Gasteiger partial charge on any atom is 0.339 e. The maximum atomic E-state index is 11.5. The molecule has 0 saturated carbocycles. The van der Waals surface area contributed by atoms with E-state index in [1.165, 1.54) is 12.8 Å². The van der Waals surface area contributed by atoms with Crippen molar-refractivity contribution in [3.05, 3.63) is 23.5 Å². The summed E-state index contributed by atoms with van der Waals surface area (Å²) in [4.78, 5) is 14.4. The molecule has 0 aliphatic carbocycles. The molecule has 15 heavy (non-hydrogen) atoms. The smallest absolute Gasteiger partial charge is 0.339 e. The van der Waals surface area contributed by atoms with E-state index in [9.17, 15) is 4.79 Å². The molecule has 3 heteroatoms. The molecule has 0 amide bonds. The van der Waals surface area contributed by atoms with Crippen molar-refractivity contribution in [1.82, 2.24) is 4.98 Å². The molecule has 0 saturated heterocycles. The molecular formula is C12H19NO2. The molecule has 0 aliphatic heterocycles. The molecule has 1 aromatic rings. The van der Waals surface area contributed by atoms with Crippen LogP contribution in [0, 0.1) is 6.92 Å². The second kappa shape index (κ2) is 6.27. The molecule has 1 N–H and O–H groups in total. The topological polar surface area (TPSA) is 42.1 Å². The Hall–Kier alpha value is -1.25. The van der Waals surface area contributed by atoms with E-state index in [-0.39, 0.29) is 5.97 Å². The summed E-state index contributed by atoms with van der Waals surface area (Å²) in [6.07, 6.45) is 7.99. The molecule has 0 radical (unpaired) electrons. The highest BCUT2D eigenvalue weighted by molar-refractivity contribution is 5.90. The van der Waals surface area contributed by atoms with E-state index in [0.29, 0.717) is 12.2 Å². The number of carbonyl (C=O) groups is 1.